The summed E-state index contributed by atoms with van der Waals surface area (Å²) in [6, 6.07) is 4.06. The Bertz CT molecular complexity index is 484. The monoisotopic (exact) mass is 321 g/mol. The highest BCUT2D eigenvalue weighted by atomic mass is 35.5. The van der Waals surface area contributed by atoms with Gasteiger partial charge in [0.15, 0.2) is 0 Å². The third-order valence-electron chi connectivity index (χ3n) is 3.74. The zero-order valence-electron chi connectivity index (χ0n) is 12.0. The van der Waals surface area contributed by atoms with Crippen LogP contribution in [-0.2, 0) is 6.18 Å². The highest BCUT2D eigenvalue weighted by Gasteiger charge is 2.38. The third kappa shape index (κ3) is 3.83. The highest BCUT2D eigenvalue weighted by molar-refractivity contribution is 6.31. The predicted molar refractivity (Wildman–Crippen MR) is 76.7 cm³/mol. The van der Waals surface area contributed by atoms with E-state index in [1.807, 2.05) is 13.8 Å². The summed E-state index contributed by atoms with van der Waals surface area (Å²) < 4.78 is 45.2. The van der Waals surface area contributed by atoms with E-state index in [0.29, 0.717) is 0 Å². The summed E-state index contributed by atoms with van der Waals surface area (Å²) in [6.45, 7) is 5.56. The maximum absolute atomic E-state index is 13.2. The van der Waals surface area contributed by atoms with Crippen LogP contribution in [0.3, 0.4) is 0 Å². The minimum Gasteiger partial charge on any atom is -0.489 e. The first kappa shape index (κ1) is 16.4. The molecule has 1 heterocycles. The molecule has 1 saturated heterocycles. The van der Waals surface area contributed by atoms with E-state index in [-0.39, 0.29) is 28.7 Å². The van der Waals surface area contributed by atoms with Crippen molar-refractivity contribution >= 4 is 11.6 Å². The number of halogens is 4. The van der Waals surface area contributed by atoms with Gasteiger partial charge in [0.05, 0.1) is 5.02 Å². The van der Waals surface area contributed by atoms with Gasteiger partial charge in [-0.15, -0.1) is 0 Å². The molecule has 0 radical (unpaired) electrons. The summed E-state index contributed by atoms with van der Waals surface area (Å²) >= 11 is 5.72. The van der Waals surface area contributed by atoms with Crippen LogP contribution >= 0.6 is 11.6 Å². The fourth-order valence-corrected chi connectivity index (χ4v) is 3.03. The van der Waals surface area contributed by atoms with Crippen molar-refractivity contribution in [2.24, 2.45) is 11.8 Å². The zero-order valence-corrected chi connectivity index (χ0v) is 12.8. The number of ether oxygens (including phenoxy) is 1. The fraction of sp³-hybridized carbons (Fsp3) is 0.600. The van der Waals surface area contributed by atoms with Crippen molar-refractivity contribution in [3.63, 3.8) is 0 Å². The lowest BCUT2D eigenvalue weighted by atomic mass is 9.92. The average Bonchev–Trinajstić information content (AvgIpc) is 2.87. The lowest BCUT2D eigenvalue weighted by molar-refractivity contribution is -0.139. The van der Waals surface area contributed by atoms with Gasteiger partial charge in [0, 0.05) is 12.5 Å². The van der Waals surface area contributed by atoms with Gasteiger partial charge in [0.25, 0.3) is 0 Å². The smallest absolute Gasteiger partial charge is 0.421 e. The molecule has 118 valence electrons. The second kappa shape index (κ2) is 6.44. The summed E-state index contributed by atoms with van der Waals surface area (Å²) in [5.41, 5.74) is -0.886. The number of nitrogens with one attached hydrogen (secondary N) is 1. The molecule has 6 heteroatoms. The van der Waals surface area contributed by atoms with Crippen LogP contribution < -0.4 is 10.1 Å². The molecule has 0 unspecified atom stereocenters. The molecule has 2 nitrogen and oxygen atoms in total. The van der Waals surface area contributed by atoms with Crippen molar-refractivity contribution in [2.45, 2.75) is 32.5 Å². The van der Waals surface area contributed by atoms with Gasteiger partial charge in [0.2, 0.25) is 0 Å². The van der Waals surface area contributed by atoms with E-state index in [1.165, 1.54) is 18.2 Å². The van der Waals surface area contributed by atoms with Crippen LogP contribution in [0.15, 0.2) is 18.2 Å². The molecule has 0 aliphatic carbocycles. The standard InChI is InChI=1S/C15H19ClF3NO/c1-9(2)14(10-6-7-20-8-10)21-12-5-3-4-11(16)13(12)15(17,18)19/h3-5,9-10,14,20H,6-8H2,1-2H3/t10-,14-/m0/s1. The third-order valence-corrected chi connectivity index (χ3v) is 4.06. The Morgan fingerprint density at radius 3 is 2.57 bits per heavy atom. The Morgan fingerprint density at radius 1 is 1.33 bits per heavy atom. The molecule has 0 saturated carbocycles. The molecule has 0 aromatic heterocycles. The van der Waals surface area contributed by atoms with E-state index in [9.17, 15) is 13.2 Å². The molecule has 1 aliphatic heterocycles. The molecule has 0 bridgehead atoms. The van der Waals surface area contributed by atoms with E-state index in [4.69, 9.17) is 16.3 Å². The summed E-state index contributed by atoms with van der Waals surface area (Å²) in [5.74, 6) is 0.153. The van der Waals surface area contributed by atoms with Crippen molar-refractivity contribution in [2.75, 3.05) is 13.1 Å². The van der Waals surface area contributed by atoms with Crippen LogP contribution in [0.5, 0.6) is 5.75 Å². The maximum atomic E-state index is 13.2. The van der Waals surface area contributed by atoms with Crippen molar-refractivity contribution in [1.29, 1.82) is 0 Å². The molecule has 21 heavy (non-hydrogen) atoms. The molecule has 0 spiro atoms. The van der Waals surface area contributed by atoms with E-state index < -0.39 is 11.7 Å². The molecular weight excluding hydrogens is 303 g/mol. The van der Waals surface area contributed by atoms with Gasteiger partial charge < -0.3 is 10.1 Å². The summed E-state index contributed by atoms with van der Waals surface area (Å²) in [6.07, 6.45) is -3.88. The zero-order chi connectivity index (χ0) is 15.6. The van der Waals surface area contributed by atoms with Gasteiger partial charge in [-0.05, 0) is 31.0 Å². The molecule has 2 rings (SSSR count). The van der Waals surface area contributed by atoms with E-state index in [2.05, 4.69) is 5.32 Å². The number of rotatable bonds is 4. The topological polar surface area (TPSA) is 21.3 Å². The SMILES string of the molecule is CC(C)[C@H](Oc1cccc(Cl)c1C(F)(F)F)[C@H]1CCNC1. The maximum Gasteiger partial charge on any atom is 0.421 e. The Hall–Kier alpha value is -0.940. The summed E-state index contributed by atoms with van der Waals surface area (Å²) in [7, 11) is 0. The minimum atomic E-state index is -4.52. The van der Waals surface area contributed by atoms with Crippen LogP contribution in [0.4, 0.5) is 13.2 Å². The lowest BCUT2D eigenvalue weighted by Gasteiger charge is -2.29. The van der Waals surface area contributed by atoms with Gasteiger partial charge in [-0.2, -0.15) is 13.2 Å². The molecule has 1 aliphatic rings. The molecule has 1 fully saturated rings. The Labute approximate surface area is 127 Å². The van der Waals surface area contributed by atoms with Crippen molar-refractivity contribution in [3.05, 3.63) is 28.8 Å². The second-order valence-electron chi connectivity index (χ2n) is 5.69. The van der Waals surface area contributed by atoms with Gasteiger partial charge >= 0.3 is 6.18 Å². The van der Waals surface area contributed by atoms with Crippen molar-refractivity contribution in [3.8, 4) is 5.75 Å². The first-order valence-electron chi connectivity index (χ1n) is 7.03. The van der Waals surface area contributed by atoms with Crippen molar-refractivity contribution in [1.82, 2.24) is 5.32 Å². The van der Waals surface area contributed by atoms with Gasteiger partial charge in [0.1, 0.15) is 17.4 Å². The first-order chi connectivity index (χ1) is 9.80. The summed E-state index contributed by atoms with van der Waals surface area (Å²) in [5, 5.41) is 2.89. The molecular formula is C15H19ClF3NO. The fourth-order valence-electron chi connectivity index (χ4n) is 2.76. The molecule has 2 atom stereocenters. The number of benzene rings is 1. The van der Waals surface area contributed by atoms with Crippen molar-refractivity contribution < 1.29 is 17.9 Å². The average molecular weight is 322 g/mol. The predicted octanol–water partition coefficient (Wildman–Crippen LogP) is 4.37. The molecule has 1 aromatic carbocycles. The van der Waals surface area contributed by atoms with Crippen LogP contribution in [-0.4, -0.2) is 19.2 Å². The van der Waals surface area contributed by atoms with Gasteiger partial charge in [-0.25, -0.2) is 0 Å². The first-order valence-corrected chi connectivity index (χ1v) is 7.41. The minimum absolute atomic E-state index is 0.120. The second-order valence-corrected chi connectivity index (χ2v) is 6.10. The van der Waals surface area contributed by atoms with Crippen LogP contribution in [0, 0.1) is 11.8 Å². The highest BCUT2D eigenvalue weighted by Crippen LogP contribution is 2.42. The molecule has 1 N–H and O–H groups in total. The Morgan fingerprint density at radius 2 is 2.05 bits per heavy atom. The van der Waals surface area contributed by atoms with Crippen LogP contribution in [0.1, 0.15) is 25.8 Å². The number of hydrogen-bond donors (Lipinski definition) is 1. The van der Waals surface area contributed by atoms with E-state index >= 15 is 0 Å². The molecule has 1 aromatic rings. The summed E-state index contributed by atoms with van der Waals surface area (Å²) in [4.78, 5) is 0. The van der Waals surface area contributed by atoms with Crippen LogP contribution in [0.2, 0.25) is 5.02 Å². The Balaban J connectivity index is 2.30. The van der Waals surface area contributed by atoms with Gasteiger partial charge in [-0.1, -0.05) is 31.5 Å². The Kier molecular flexibility index (Phi) is 5.04. The lowest BCUT2D eigenvalue weighted by Crippen LogP contribution is -2.34. The van der Waals surface area contributed by atoms with Crippen LogP contribution in [0.25, 0.3) is 0 Å². The molecule has 0 amide bonds. The quantitative estimate of drug-likeness (QED) is 0.889. The van der Waals surface area contributed by atoms with E-state index in [1.54, 1.807) is 0 Å². The van der Waals surface area contributed by atoms with Gasteiger partial charge in [-0.3, -0.25) is 0 Å². The largest absolute Gasteiger partial charge is 0.489 e. The normalized spacial score (nSPS) is 20.8. The van der Waals surface area contributed by atoms with E-state index in [0.717, 1.165) is 19.5 Å². The number of alkyl halides is 3. The number of hydrogen-bond acceptors (Lipinski definition) is 2.